The quantitative estimate of drug-likeness (QED) is 0.907. The lowest BCUT2D eigenvalue weighted by molar-refractivity contribution is 0.0951. The molecule has 1 saturated heterocycles. The van der Waals surface area contributed by atoms with Gasteiger partial charge in [-0.3, -0.25) is 4.79 Å². The van der Waals surface area contributed by atoms with Crippen LogP contribution in [0.5, 0.6) is 0 Å². The summed E-state index contributed by atoms with van der Waals surface area (Å²) in [4.78, 5) is 12.3. The highest BCUT2D eigenvalue weighted by atomic mass is 32.2. The molecular formula is C16H18N2O4S. The van der Waals surface area contributed by atoms with E-state index in [0.29, 0.717) is 25.2 Å². The first-order valence-corrected chi connectivity index (χ1v) is 8.91. The van der Waals surface area contributed by atoms with E-state index in [0.717, 1.165) is 18.4 Å². The number of furan rings is 1. The molecule has 3 rings (SSSR count). The van der Waals surface area contributed by atoms with Gasteiger partial charge in [-0.2, -0.15) is 4.31 Å². The summed E-state index contributed by atoms with van der Waals surface area (Å²) in [6.45, 7) is 1.49. The SMILES string of the molecule is O=C(NCc1ccoc1)c1ccc(S(=O)(=O)N2CCCC2)cc1. The maximum absolute atomic E-state index is 12.4. The van der Waals surface area contributed by atoms with E-state index in [-0.39, 0.29) is 10.8 Å². The van der Waals surface area contributed by atoms with Crippen LogP contribution in [0, 0.1) is 0 Å². The van der Waals surface area contributed by atoms with Crippen LogP contribution in [0.1, 0.15) is 28.8 Å². The molecule has 0 bridgehead atoms. The molecule has 2 aromatic rings. The molecule has 1 fully saturated rings. The molecule has 1 aliphatic rings. The molecular weight excluding hydrogens is 316 g/mol. The summed E-state index contributed by atoms with van der Waals surface area (Å²) >= 11 is 0. The number of carbonyl (C=O) groups is 1. The molecule has 1 aromatic carbocycles. The molecule has 0 spiro atoms. The molecule has 6 nitrogen and oxygen atoms in total. The van der Waals surface area contributed by atoms with Crippen LogP contribution in [-0.2, 0) is 16.6 Å². The Morgan fingerprint density at radius 3 is 2.43 bits per heavy atom. The molecule has 0 atom stereocenters. The first kappa shape index (κ1) is 15.8. The molecule has 1 amide bonds. The Kier molecular flexibility index (Phi) is 4.49. The third-order valence-electron chi connectivity index (χ3n) is 3.85. The van der Waals surface area contributed by atoms with Gasteiger partial charge in [-0.15, -0.1) is 0 Å². The standard InChI is InChI=1S/C16H18N2O4S/c19-16(17-11-13-7-10-22-12-13)14-3-5-15(6-4-14)23(20,21)18-8-1-2-9-18/h3-7,10,12H,1-2,8-9,11H2,(H,17,19). The van der Waals surface area contributed by atoms with Crippen LogP contribution < -0.4 is 5.32 Å². The lowest BCUT2D eigenvalue weighted by Crippen LogP contribution is -2.28. The number of nitrogens with zero attached hydrogens (tertiary/aromatic N) is 1. The minimum absolute atomic E-state index is 0.228. The first-order valence-electron chi connectivity index (χ1n) is 7.47. The van der Waals surface area contributed by atoms with Crippen LogP contribution in [0.4, 0.5) is 0 Å². The number of hydrogen-bond donors (Lipinski definition) is 1. The van der Waals surface area contributed by atoms with Gasteiger partial charge in [-0.05, 0) is 43.2 Å². The van der Waals surface area contributed by atoms with Gasteiger partial charge >= 0.3 is 0 Å². The van der Waals surface area contributed by atoms with Crippen LogP contribution in [0.15, 0.2) is 52.2 Å². The van der Waals surface area contributed by atoms with Crippen LogP contribution in [-0.4, -0.2) is 31.7 Å². The summed E-state index contributed by atoms with van der Waals surface area (Å²) in [6.07, 6.45) is 4.90. The molecule has 0 saturated carbocycles. The van der Waals surface area contributed by atoms with Gasteiger partial charge in [-0.25, -0.2) is 8.42 Å². The van der Waals surface area contributed by atoms with E-state index in [1.165, 1.54) is 28.6 Å². The topological polar surface area (TPSA) is 79.6 Å². The van der Waals surface area contributed by atoms with E-state index in [1.54, 1.807) is 18.6 Å². The molecule has 2 heterocycles. The maximum Gasteiger partial charge on any atom is 0.251 e. The van der Waals surface area contributed by atoms with Crippen LogP contribution in [0.2, 0.25) is 0 Å². The van der Waals surface area contributed by atoms with Gasteiger partial charge in [0.25, 0.3) is 5.91 Å². The predicted octanol–water partition coefficient (Wildman–Crippen LogP) is 1.99. The van der Waals surface area contributed by atoms with Gasteiger partial charge in [0, 0.05) is 30.8 Å². The Morgan fingerprint density at radius 1 is 1.13 bits per heavy atom. The van der Waals surface area contributed by atoms with Crippen molar-refractivity contribution in [3.63, 3.8) is 0 Å². The van der Waals surface area contributed by atoms with Gasteiger partial charge < -0.3 is 9.73 Å². The Morgan fingerprint density at radius 2 is 1.83 bits per heavy atom. The average Bonchev–Trinajstić information content (AvgIpc) is 3.26. The van der Waals surface area contributed by atoms with Crippen molar-refractivity contribution in [2.24, 2.45) is 0 Å². The summed E-state index contributed by atoms with van der Waals surface area (Å²) in [7, 11) is -3.44. The lowest BCUT2D eigenvalue weighted by atomic mass is 10.2. The highest BCUT2D eigenvalue weighted by molar-refractivity contribution is 7.89. The van der Waals surface area contributed by atoms with Crippen molar-refractivity contribution in [1.29, 1.82) is 0 Å². The minimum atomic E-state index is -3.44. The molecule has 0 radical (unpaired) electrons. The number of nitrogens with one attached hydrogen (secondary N) is 1. The fraction of sp³-hybridized carbons (Fsp3) is 0.312. The van der Waals surface area contributed by atoms with Gasteiger partial charge in [0.05, 0.1) is 17.4 Å². The zero-order valence-electron chi connectivity index (χ0n) is 12.6. The number of amides is 1. The molecule has 122 valence electrons. The molecule has 23 heavy (non-hydrogen) atoms. The van der Waals surface area contributed by atoms with Crippen molar-refractivity contribution in [3.05, 3.63) is 54.0 Å². The lowest BCUT2D eigenvalue weighted by Gasteiger charge is -2.15. The fourth-order valence-electron chi connectivity index (χ4n) is 2.53. The third-order valence-corrected chi connectivity index (χ3v) is 5.77. The van der Waals surface area contributed by atoms with Crippen LogP contribution in [0.3, 0.4) is 0 Å². The molecule has 0 aliphatic carbocycles. The first-order chi connectivity index (χ1) is 11.1. The second-order valence-corrected chi connectivity index (χ2v) is 7.39. The van der Waals surface area contributed by atoms with E-state index < -0.39 is 10.0 Å². The minimum Gasteiger partial charge on any atom is -0.472 e. The number of hydrogen-bond acceptors (Lipinski definition) is 4. The zero-order chi connectivity index (χ0) is 16.3. The summed E-state index contributed by atoms with van der Waals surface area (Å²) in [5.41, 5.74) is 1.29. The van der Waals surface area contributed by atoms with Gasteiger partial charge in [-0.1, -0.05) is 0 Å². The summed E-state index contributed by atoms with van der Waals surface area (Å²) < 4.78 is 31.2. The van der Waals surface area contributed by atoms with Gasteiger partial charge in [0.15, 0.2) is 0 Å². The normalized spacial score (nSPS) is 15.7. The van der Waals surface area contributed by atoms with Gasteiger partial charge in [0.2, 0.25) is 10.0 Å². The molecule has 1 N–H and O–H groups in total. The zero-order valence-corrected chi connectivity index (χ0v) is 13.4. The predicted molar refractivity (Wildman–Crippen MR) is 84.3 cm³/mol. The number of sulfonamides is 1. The van der Waals surface area contributed by atoms with E-state index in [9.17, 15) is 13.2 Å². The highest BCUT2D eigenvalue weighted by Crippen LogP contribution is 2.21. The molecule has 7 heteroatoms. The van der Waals surface area contributed by atoms with Crippen molar-refractivity contribution < 1.29 is 17.6 Å². The van der Waals surface area contributed by atoms with E-state index in [2.05, 4.69) is 5.32 Å². The Labute approximate surface area is 135 Å². The van der Waals surface area contributed by atoms with Crippen molar-refractivity contribution in [2.45, 2.75) is 24.3 Å². The third kappa shape index (κ3) is 3.46. The fourth-order valence-corrected chi connectivity index (χ4v) is 4.05. The van der Waals surface area contributed by atoms with E-state index in [1.807, 2.05) is 0 Å². The average molecular weight is 334 g/mol. The summed E-state index contributed by atoms with van der Waals surface area (Å²) in [6, 6.07) is 7.81. The smallest absolute Gasteiger partial charge is 0.251 e. The number of carbonyl (C=O) groups excluding carboxylic acids is 1. The van der Waals surface area contributed by atoms with Crippen LogP contribution >= 0.6 is 0 Å². The summed E-state index contributed by atoms with van der Waals surface area (Å²) in [5, 5.41) is 2.76. The molecule has 1 aromatic heterocycles. The van der Waals surface area contributed by atoms with Crippen molar-refractivity contribution >= 4 is 15.9 Å². The highest BCUT2D eigenvalue weighted by Gasteiger charge is 2.27. The largest absolute Gasteiger partial charge is 0.472 e. The number of benzene rings is 1. The van der Waals surface area contributed by atoms with Crippen molar-refractivity contribution in [1.82, 2.24) is 9.62 Å². The number of rotatable bonds is 5. The second kappa shape index (κ2) is 6.55. The Hall–Kier alpha value is -2.12. The van der Waals surface area contributed by atoms with E-state index >= 15 is 0 Å². The molecule has 0 unspecified atom stereocenters. The Bertz CT molecular complexity index is 761. The van der Waals surface area contributed by atoms with Crippen molar-refractivity contribution in [2.75, 3.05) is 13.1 Å². The monoisotopic (exact) mass is 334 g/mol. The van der Waals surface area contributed by atoms with E-state index in [4.69, 9.17) is 4.42 Å². The molecule has 1 aliphatic heterocycles. The summed E-state index contributed by atoms with van der Waals surface area (Å²) in [5.74, 6) is -0.253. The second-order valence-electron chi connectivity index (χ2n) is 5.45. The van der Waals surface area contributed by atoms with Crippen LogP contribution in [0.25, 0.3) is 0 Å². The Balaban J connectivity index is 1.67. The van der Waals surface area contributed by atoms with Gasteiger partial charge in [0.1, 0.15) is 0 Å². The maximum atomic E-state index is 12.4. The van der Waals surface area contributed by atoms with Crippen molar-refractivity contribution in [3.8, 4) is 0 Å².